The number of halogens is 1. The number of nitrogens with zero attached hydrogens (tertiary/aromatic N) is 4. The average molecular weight is 303 g/mol. The first kappa shape index (κ1) is 12.3. The second kappa shape index (κ2) is 3.97. The van der Waals surface area contributed by atoms with E-state index in [1.807, 2.05) is 18.7 Å². The van der Waals surface area contributed by atoms with E-state index in [2.05, 4.69) is 20.9 Å². The number of hydrogen-bond donors (Lipinski definition) is 0. The second-order valence-corrected chi connectivity index (χ2v) is 5.26. The number of urea groups is 1. The highest BCUT2D eigenvalue weighted by molar-refractivity contribution is 9.18. The number of amides is 3. The predicted molar refractivity (Wildman–Crippen MR) is 66.8 cm³/mol. The summed E-state index contributed by atoms with van der Waals surface area (Å²) < 4.78 is 0.630. The van der Waals surface area contributed by atoms with Gasteiger partial charge in [0.2, 0.25) is 0 Å². The first-order chi connectivity index (χ1) is 7.86. The maximum atomic E-state index is 12.2. The summed E-state index contributed by atoms with van der Waals surface area (Å²) >= 11 is 3.36. The SMILES string of the molecule is CC(C)N1C(Br)=N[C@H]2[C@H]1C(=O)N(C)C(=O)N2C. The van der Waals surface area contributed by atoms with Crippen LogP contribution in [0.3, 0.4) is 0 Å². The van der Waals surface area contributed by atoms with Crippen LogP contribution in [-0.4, -0.2) is 63.7 Å². The van der Waals surface area contributed by atoms with Crippen LogP contribution in [0.2, 0.25) is 0 Å². The van der Waals surface area contributed by atoms with Crippen molar-refractivity contribution in [3.05, 3.63) is 0 Å². The third-order valence-corrected chi connectivity index (χ3v) is 3.77. The Morgan fingerprint density at radius 2 is 1.88 bits per heavy atom. The number of rotatable bonds is 1. The molecule has 2 rings (SSSR count). The summed E-state index contributed by atoms with van der Waals surface area (Å²) in [5, 5.41) is 0. The Morgan fingerprint density at radius 3 is 2.41 bits per heavy atom. The van der Waals surface area contributed by atoms with Gasteiger partial charge in [0.15, 0.2) is 17.0 Å². The van der Waals surface area contributed by atoms with Crippen molar-refractivity contribution in [1.29, 1.82) is 0 Å². The number of likely N-dealkylation sites (N-methyl/N-ethyl adjacent to an activating group) is 2. The molecule has 0 unspecified atom stereocenters. The summed E-state index contributed by atoms with van der Waals surface area (Å²) in [6.45, 7) is 3.98. The zero-order valence-corrected chi connectivity index (χ0v) is 11.8. The van der Waals surface area contributed by atoms with E-state index in [-0.39, 0.29) is 18.0 Å². The highest BCUT2D eigenvalue weighted by atomic mass is 79.9. The van der Waals surface area contributed by atoms with Crippen molar-refractivity contribution in [2.45, 2.75) is 32.1 Å². The van der Waals surface area contributed by atoms with Crippen LogP contribution in [0.1, 0.15) is 13.8 Å². The van der Waals surface area contributed by atoms with Crippen LogP contribution >= 0.6 is 15.9 Å². The topological polar surface area (TPSA) is 56.2 Å². The zero-order chi connectivity index (χ0) is 12.9. The van der Waals surface area contributed by atoms with Gasteiger partial charge in [-0.05, 0) is 29.8 Å². The van der Waals surface area contributed by atoms with Gasteiger partial charge in [-0.25, -0.2) is 9.79 Å². The molecule has 0 aromatic rings. The molecule has 1 fully saturated rings. The Balaban J connectivity index is 2.40. The van der Waals surface area contributed by atoms with Crippen LogP contribution in [0, 0.1) is 0 Å². The number of fused-ring (bicyclic) bond motifs is 1. The maximum absolute atomic E-state index is 12.2. The summed E-state index contributed by atoms with van der Waals surface area (Å²) in [4.78, 5) is 32.8. The number of imide groups is 1. The van der Waals surface area contributed by atoms with Gasteiger partial charge in [-0.1, -0.05) is 0 Å². The molecule has 3 amide bonds. The molecule has 0 saturated carbocycles. The number of carbonyl (C=O) groups is 2. The van der Waals surface area contributed by atoms with Crippen molar-refractivity contribution < 1.29 is 9.59 Å². The monoisotopic (exact) mass is 302 g/mol. The third kappa shape index (κ3) is 1.64. The van der Waals surface area contributed by atoms with Crippen molar-refractivity contribution in [3.63, 3.8) is 0 Å². The van der Waals surface area contributed by atoms with Crippen LogP contribution < -0.4 is 0 Å². The van der Waals surface area contributed by atoms with Gasteiger partial charge in [0.25, 0.3) is 5.91 Å². The molecule has 7 heteroatoms. The van der Waals surface area contributed by atoms with Crippen LogP contribution in [0.15, 0.2) is 4.99 Å². The Hall–Kier alpha value is -1.11. The average Bonchev–Trinajstić information content (AvgIpc) is 2.61. The lowest BCUT2D eigenvalue weighted by molar-refractivity contribution is -0.136. The summed E-state index contributed by atoms with van der Waals surface area (Å²) in [5.74, 6) is -0.204. The zero-order valence-electron chi connectivity index (χ0n) is 10.2. The standard InChI is InChI=1S/C10H15BrN4O2/c1-5(2)15-6-7(12-9(15)11)13(3)10(17)14(4)8(6)16/h5-7H,1-4H3/t6-,7+/m0/s1. The van der Waals surface area contributed by atoms with Gasteiger partial charge in [-0.3, -0.25) is 9.69 Å². The van der Waals surface area contributed by atoms with E-state index in [1.165, 1.54) is 11.9 Å². The minimum atomic E-state index is -0.428. The Labute approximate surface area is 108 Å². The molecule has 2 heterocycles. The van der Waals surface area contributed by atoms with E-state index in [9.17, 15) is 9.59 Å². The first-order valence-electron chi connectivity index (χ1n) is 5.42. The summed E-state index contributed by atoms with van der Waals surface area (Å²) in [7, 11) is 3.17. The fourth-order valence-corrected chi connectivity index (χ4v) is 3.07. The van der Waals surface area contributed by atoms with E-state index in [1.54, 1.807) is 7.05 Å². The molecule has 0 aliphatic carbocycles. The van der Waals surface area contributed by atoms with Gasteiger partial charge < -0.3 is 9.80 Å². The van der Waals surface area contributed by atoms with Gasteiger partial charge in [-0.15, -0.1) is 0 Å². The van der Waals surface area contributed by atoms with Gasteiger partial charge in [0, 0.05) is 20.1 Å². The minimum absolute atomic E-state index is 0.141. The molecule has 17 heavy (non-hydrogen) atoms. The lowest BCUT2D eigenvalue weighted by Gasteiger charge is -2.41. The first-order valence-corrected chi connectivity index (χ1v) is 6.21. The Kier molecular flexibility index (Phi) is 2.89. The van der Waals surface area contributed by atoms with Crippen LogP contribution in [0.5, 0.6) is 0 Å². The molecular weight excluding hydrogens is 288 g/mol. The van der Waals surface area contributed by atoms with Gasteiger partial charge in [0.1, 0.15) is 0 Å². The number of aliphatic imine (C=N–C) groups is 1. The third-order valence-electron chi connectivity index (χ3n) is 3.16. The van der Waals surface area contributed by atoms with E-state index >= 15 is 0 Å². The van der Waals surface area contributed by atoms with Crippen LogP contribution in [-0.2, 0) is 4.79 Å². The van der Waals surface area contributed by atoms with E-state index < -0.39 is 12.2 Å². The van der Waals surface area contributed by atoms with Gasteiger partial charge in [0.05, 0.1) is 0 Å². The Bertz CT molecular complexity index is 409. The molecule has 6 nitrogen and oxygen atoms in total. The summed E-state index contributed by atoms with van der Waals surface area (Å²) in [5.41, 5.74) is 0. The van der Waals surface area contributed by atoms with Crippen molar-refractivity contribution in [1.82, 2.24) is 14.7 Å². The molecule has 1 saturated heterocycles. The molecule has 0 aromatic carbocycles. The Morgan fingerprint density at radius 1 is 1.29 bits per heavy atom. The van der Waals surface area contributed by atoms with Crippen molar-refractivity contribution in [3.8, 4) is 0 Å². The number of amidine groups is 1. The normalized spacial score (nSPS) is 29.1. The van der Waals surface area contributed by atoms with Gasteiger partial charge in [-0.2, -0.15) is 0 Å². The molecule has 2 atom stereocenters. The maximum Gasteiger partial charge on any atom is 0.328 e. The lowest BCUT2D eigenvalue weighted by atomic mass is 10.1. The van der Waals surface area contributed by atoms with Gasteiger partial charge >= 0.3 is 6.03 Å². The predicted octanol–water partition coefficient (Wildman–Crippen LogP) is 0.680. The molecule has 2 aliphatic rings. The van der Waals surface area contributed by atoms with E-state index in [0.29, 0.717) is 4.74 Å². The van der Waals surface area contributed by atoms with Crippen molar-refractivity contribution >= 4 is 32.6 Å². The number of hydrogen-bond acceptors (Lipinski definition) is 4. The highest BCUT2D eigenvalue weighted by Crippen LogP contribution is 2.30. The quantitative estimate of drug-likeness (QED) is 0.669. The molecule has 94 valence electrons. The molecular formula is C10H15BrN4O2. The number of carbonyl (C=O) groups excluding carboxylic acids is 2. The lowest BCUT2D eigenvalue weighted by Crippen LogP contribution is -2.64. The molecule has 2 aliphatic heterocycles. The minimum Gasteiger partial charge on any atom is -0.333 e. The van der Waals surface area contributed by atoms with Crippen molar-refractivity contribution in [2.75, 3.05) is 14.1 Å². The molecule has 0 radical (unpaired) electrons. The van der Waals surface area contributed by atoms with Crippen LogP contribution in [0.4, 0.5) is 4.79 Å². The summed E-state index contributed by atoms with van der Waals surface area (Å²) in [6.07, 6.45) is -0.428. The van der Waals surface area contributed by atoms with E-state index in [0.717, 1.165) is 4.90 Å². The summed E-state index contributed by atoms with van der Waals surface area (Å²) in [6, 6.07) is -0.593. The second-order valence-electron chi connectivity index (χ2n) is 4.55. The molecule has 0 aromatic heterocycles. The molecule has 0 spiro atoms. The molecule has 0 bridgehead atoms. The smallest absolute Gasteiger partial charge is 0.328 e. The van der Waals surface area contributed by atoms with Crippen molar-refractivity contribution in [2.24, 2.45) is 4.99 Å². The highest BCUT2D eigenvalue weighted by Gasteiger charge is 2.51. The fraction of sp³-hybridized carbons (Fsp3) is 0.700. The van der Waals surface area contributed by atoms with Crippen LogP contribution in [0.25, 0.3) is 0 Å². The fourth-order valence-electron chi connectivity index (χ4n) is 2.23. The largest absolute Gasteiger partial charge is 0.333 e. The molecule has 0 N–H and O–H groups in total. The van der Waals surface area contributed by atoms with E-state index in [4.69, 9.17) is 0 Å².